The Morgan fingerprint density at radius 2 is 1.72 bits per heavy atom. The number of likely N-dealkylation sites (tertiary alicyclic amines) is 1. The van der Waals surface area contributed by atoms with Crippen molar-refractivity contribution in [3.63, 3.8) is 0 Å². The Balaban J connectivity index is 1.79. The summed E-state index contributed by atoms with van der Waals surface area (Å²) in [7, 11) is 0. The quantitative estimate of drug-likeness (QED) is 0.837. The van der Waals surface area contributed by atoms with Crippen LogP contribution in [0, 0.1) is 5.92 Å². The van der Waals surface area contributed by atoms with Gasteiger partial charge in [0.2, 0.25) is 5.91 Å². The zero-order valence-electron chi connectivity index (χ0n) is 12.0. The maximum Gasteiger partial charge on any atom is 0.223 e. The molecule has 1 amide bonds. The van der Waals surface area contributed by atoms with E-state index >= 15 is 0 Å². The van der Waals surface area contributed by atoms with Crippen LogP contribution in [-0.2, 0) is 4.79 Å². The van der Waals surface area contributed by atoms with Gasteiger partial charge in [-0.3, -0.25) is 4.79 Å². The summed E-state index contributed by atoms with van der Waals surface area (Å²) in [6.07, 6.45) is 8.00. The van der Waals surface area contributed by atoms with Gasteiger partial charge in [0.15, 0.2) is 0 Å². The van der Waals surface area contributed by atoms with Crippen LogP contribution in [0.5, 0.6) is 0 Å². The van der Waals surface area contributed by atoms with Gasteiger partial charge in [0, 0.05) is 18.5 Å². The lowest BCUT2D eigenvalue weighted by Crippen LogP contribution is -2.47. The summed E-state index contributed by atoms with van der Waals surface area (Å²) in [4.78, 5) is 14.5. The minimum Gasteiger partial charge on any atom is -0.337 e. The SMILES string of the molecule is CC1CCCC(C)N1C(=O)CCC1CCNCC1. The fourth-order valence-corrected chi connectivity index (χ4v) is 3.54. The van der Waals surface area contributed by atoms with Gasteiger partial charge in [0.25, 0.3) is 0 Å². The molecule has 3 heteroatoms. The van der Waals surface area contributed by atoms with Gasteiger partial charge in [-0.2, -0.15) is 0 Å². The molecule has 0 aliphatic carbocycles. The predicted molar refractivity (Wildman–Crippen MR) is 74.4 cm³/mol. The Hall–Kier alpha value is -0.570. The smallest absolute Gasteiger partial charge is 0.223 e. The molecule has 2 aliphatic rings. The third-order valence-electron chi connectivity index (χ3n) is 4.71. The Kier molecular flexibility index (Phi) is 5.04. The second-order valence-electron chi connectivity index (χ2n) is 6.16. The number of piperidine rings is 2. The molecule has 3 nitrogen and oxygen atoms in total. The van der Waals surface area contributed by atoms with Crippen molar-refractivity contribution in [3.8, 4) is 0 Å². The van der Waals surface area contributed by atoms with E-state index < -0.39 is 0 Å². The first-order chi connectivity index (χ1) is 8.68. The first-order valence-corrected chi connectivity index (χ1v) is 7.70. The van der Waals surface area contributed by atoms with Gasteiger partial charge >= 0.3 is 0 Å². The van der Waals surface area contributed by atoms with E-state index in [2.05, 4.69) is 24.1 Å². The Labute approximate surface area is 111 Å². The van der Waals surface area contributed by atoms with E-state index in [4.69, 9.17) is 0 Å². The van der Waals surface area contributed by atoms with Gasteiger partial charge in [0.1, 0.15) is 0 Å². The Bertz CT molecular complexity index is 264. The summed E-state index contributed by atoms with van der Waals surface area (Å²) in [5, 5.41) is 3.38. The normalized spacial score (nSPS) is 30.4. The Morgan fingerprint density at radius 3 is 2.33 bits per heavy atom. The van der Waals surface area contributed by atoms with Gasteiger partial charge in [-0.25, -0.2) is 0 Å². The minimum absolute atomic E-state index is 0.397. The summed E-state index contributed by atoms with van der Waals surface area (Å²) in [5.74, 6) is 1.17. The molecule has 2 aliphatic heterocycles. The number of nitrogens with one attached hydrogen (secondary N) is 1. The van der Waals surface area contributed by atoms with Crippen LogP contribution < -0.4 is 5.32 Å². The molecule has 0 saturated carbocycles. The molecular weight excluding hydrogens is 224 g/mol. The first-order valence-electron chi connectivity index (χ1n) is 7.70. The van der Waals surface area contributed by atoms with Crippen molar-refractivity contribution < 1.29 is 4.79 Å². The molecule has 2 atom stereocenters. The number of carbonyl (C=O) groups is 1. The average Bonchev–Trinajstić information content (AvgIpc) is 2.37. The Morgan fingerprint density at radius 1 is 1.11 bits per heavy atom. The van der Waals surface area contributed by atoms with Crippen molar-refractivity contribution in [2.45, 2.75) is 70.9 Å². The van der Waals surface area contributed by atoms with Crippen LogP contribution in [0.1, 0.15) is 58.8 Å². The van der Waals surface area contributed by atoms with E-state index in [1.165, 1.54) is 32.1 Å². The molecule has 0 aromatic rings. The van der Waals surface area contributed by atoms with Gasteiger partial charge in [-0.1, -0.05) is 0 Å². The topological polar surface area (TPSA) is 32.3 Å². The van der Waals surface area contributed by atoms with Crippen LogP contribution >= 0.6 is 0 Å². The fraction of sp³-hybridized carbons (Fsp3) is 0.933. The monoisotopic (exact) mass is 252 g/mol. The van der Waals surface area contributed by atoms with E-state index in [-0.39, 0.29) is 0 Å². The second kappa shape index (κ2) is 6.55. The van der Waals surface area contributed by atoms with Crippen LogP contribution in [0.2, 0.25) is 0 Å². The summed E-state index contributed by atoms with van der Waals surface area (Å²) in [6, 6.07) is 0.906. The first kappa shape index (κ1) is 13.9. The highest BCUT2D eigenvalue weighted by Crippen LogP contribution is 2.25. The van der Waals surface area contributed by atoms with E-state index in [0.717, 1.165) is 31.8 Å². The molecule has 0 bridgehead atoms. The van der Waals surface area contributed by atoms with Crippen LogP contribution in [0.3, 0.4) is 0 Å². The number of rotatable bonds is 3. The van der Waals surface area contributed by atoms with E-state index in [9.17, 15) is 4.79 Å². The van der Waals surface area contributed by atoms with Crippen LogP contribution in [0.25, 0.3) is 0 Å². The van der Waals surface area contributed by atoms with Crippen molar-refractivity contribution >= 4 is 5.91 Å². The molecular formula is C15H28N2O. The van der Waals surface area contributed by atoms with Crippen molar-refractivity contribution in [3.05, 3.63) is 0 Å². The molecule has 1 N–H and O–H groups in total. The minimum atomic E-state index is 0.397. The third-order valence-corrected chi connectivity index (χ3v) is 4.71. The fourth-order valence-electron chi connectivity index (χ4n) is 3.54. The predicted octanol–water partition coefficient (Wildman–Crippen LogP) is 2.56. The average molecular weight is 252 g/mol. The molecule has 0 aromatic carbocycles. The van der Waals surface area contributed by atoms with Gasteiger partial charge in [0.05, 0.1) is 0 Å². The van der Waals surface area contributed by atoms with Crippen molar-refractivity contribution in [1.29, 1.82) is 0 Å². The molecule has 104 valence electrons. The maximum absolute atomic E-state index is 12.4. The molecule has 2 unspecified atom stereocenters. The van der Waals surface area contributed by atoms with Crippen molar-refractivity contribution in [2.75, 3.05) is 13.1 Å². The largest absolute Gasteiger partial charge is 0.337 e. The highest BCUT2D eigenvalue weighted by Gasteiger charge is 2.28. The number of hydrogen-bond acceptors (Lipinski definition) is 2. The van der Waals surface area contributed by atoms with E-state index in [1.807, 2.05) is 0 Å². The number of hydrogen-bond donors (Lipinski definition) is 1. The van der Waals surface area contributed by atoms with Gasteiger partial charge in [-0.15, -0.1) is 0 Å². The zero-order chi connectivity index (χ0) is 13.0. The van der Waals surface area contributed by atoms with Gasteiger partial charge < -0.3 is 10.2 Å². The summed E-state index contributed by atoms with van der Waals surface area (Å²) in [5.41, 5.74) is 0. The summed E-state index contributed by atoms with van der Waals surface area (Å²) < 4.78 is 0. The van der Waals surface area contributed by atoms with Crippen LogP contribution in [0.15, 0.2) is 0 Å². The molecule has 2 rings (SSSR count). The molecule has 2 heterocycles. The molecule has 0 spiro atoms. The second-order valence-corrected chi connectivity index (χ2v) is 6.16. The lowest BCUT2D eigenvalue weighted by atomic mass is 9.91. The highest BCUT2D eigenvalue weighted by atomic mass is 16.2. The van der Waals surface area contributed by atoms with Crippen LogP contribution in [0.4, 0.5) is 0 Å². The van der Waals surface area contributed by atoms with Crippen LogP contribution in [-0.4, -0.2) is 36.0 Å². The lowest BCUT2D eigenvalue weighted by Gasteiger charge is -2.39. The molecule has 18 heavy (non-hydrogen) atoms. The molecule has 0 aromatic heterocycles. The number of carbonyl (C=O) groups excluding carboxylic acids is 1. The maximum atomic E-state index is 12.4. The number of nitrogens with zero attached hydrogens (tertiary/aromatic N) is 1. The molecule has 0 radical (unpaired) electrons. The zero-order valence-corrected chi connectivity index (χ0v) is 12.0. The molecule has 2 saturated heterocycles. The highest BCUT2D eigenvalue weighted by molar-refractivity contribution is 5.77. The summed E-state index contributed by atoms with van der Waals surface area (Å²) >= 11 is 0. The van der Waals surface area contributed by atoms with E-state index in [1.54, 1.807) is 0 Å². The number of amides is 1. The van der Waals surface area contributed by atoms with Crippen molar-refractivity contribution in [1.82, 2.24) is 10.2 Å². The van der Waals surface area contributed by atoms with Crippen molar-refractivity contribution in [2.24, 2.45) is 5.92 Å². The lowest BCUT2D eigenvalue weighted by molar-refractivity contribution is -0.137. The standard InChI is InChI=1S/C15H28N2O/c1-12-4-3-5-13(2)17(12)15(18)7-6-14-8-10-16-11-9-14/h12-14,16H,3-11H2,1-2H3. The van der Waals surface area contributed by atoms with E-state index in [0.29, 0.717) is 18.0 Å². The molecule has 2 fully saturated rings. The summed E-state index contributed by atoms with van der Waals surface area (Å²) in [6.45, 7) is 6.68. The van der Waals surface area contributed by atoms with Gasteiger partial charge in [-0.05, 0) is 71.4 Å². The third kappa shape index (κ3) is 3.47.